The van der Waals surface area contributed by atoms with Gasteiger partial charge in [-0.25, -0.2) is 0 Å². The SMILES string of the molecule is COc1ccc(C2=NN(C(C)=O)[C@@H](c3ccccc3[N+](=O)[O-])O2)c(OC)c1. The third-order valence-electron chi connectivity index (χ3n) is 4.01. The van der Waals surface area contributed by atoms with Gasteiger partial charge in [0.05, 0.1) is 30.3 Å². The Morgan fingerprint density at radius 1 is 1.22 bits per heavy atom. The first-order valence-electron chi connectivity index (χ1n) is 7.97. The maximum absolute atomic E-state index is 12.1. The van der Waals surface area contributed by atoms with Crippen molar-refractivity contribution < 1.29 is 23.9 Å². The first-order valence-corrected chi connectivity index (χ1v) is 7.97. The smallest absolute Gasteiger partial charge is 0.278 e. The summed E-state index contributed by atoms with van der Waals surface area (Å²) in [5.41, 5.74) is 0.557. The number of nitrogens with zero attached hydrogens (tertiary/aromatic N) is 3. The highest BCUT2D eigenvalue weighted by atomic mass is 16.6. The van der Waals surface area contributed by atoms with Crippen molar-refractivity contribution in [2.24, 2.45) is 5.10 Å². The predicted molar refractivity (Wildman–Crippen MR) is 95.5 cm³/mol. The van der Waals surface area contributed by atoms with Gasteiger partial charge in [-0.05, 0) is 18.2 Å². The third kappa shape index (κ3) is 3.39. The summed E-state index contributed by atoms with van der Waals surface area (Å²) in [6.45, 7) is 1.31. The summed E-state index contributed by atoms with van der Waals surface area (Å²) >= 11 is 0. The highest BCUT2D eigenvalue weighted by Crippen LogP contribution is 2.37. The van der Waals surface area contributed by atoms with Gasteiger partial charge < -0.3 is 14.2 Å². The fourth-order valence-corrected chi connectivity index (χ4v) is 2.72. The van der Waals surface area contributed by atoms with Gasteiger partial charge >= 0.3 is 0 Å². The van der Waals surface area contributed by atoms with Crippen LogP contribution in [0.25, 0.3) is 0 Å². The lowest BCUT2D eigenvalue weighted by Gasteiger charge is -2.19. The van der Waals surface area contributed by atoms with E-state index in [2.05, 4.69) is 5.10 Å². The molecule has 0 aromatic heterocycles. The Kier molecular flexibility index (Phi) is 4.93. The molecule has 9 nitrogen and oxygen atoms in total. The molecule has 0 saturated heterocycles. The standard InChI is InChI=1S/C18H17N3O6/c1-11(22)20-18(13-6-4-5-7-15(13)21(23)24)27-17(19-20)14-9-8-12(25-2)10-16(14)26-3/h4-10,18H,1-3H3/t18-/m1/s1. The van der Waals surface area contributed by atoms with Crippen LogP contribution in [0, 0.1) is 10.1 Å². The zero-order valence-corrected chi connectivity index (χ0v) is 14.9. The van der Waals surface area contributed by atoms with Crippen LogP contribution in [0.2, 0.25) is 0 Å². The van der Waals surface area contributed by atoms with E-state index in [9.17, 15) is 14.9 Å². The number of hydrogen-bond acceptors (Lipinski definition) is 7. The Bertz CT molecular complexity index is 927. The summed E-state index contributed by atoms with van der Waals surface area (Å²) in [4.78, 5) is 22.9. The molecule has 1 aliphatic rings. The second-order valence-electron chi connectivity index (χ2n) is 5.62. The summed E-state index contributed by atoms with van der Waals surface area (Å²) in [5, 5.41) is 16.6. The number of hydrogen-bond donors (Lipinski definition) is 0. The normalized spacial score (nSPS) is 15.7. The monoisotopic (exact) mass is 371 g/mol. The summed E-state index contributed by atoms with van der Waals surface area (Å²) in [5.74, 6) is 0.709. The average Bonchev–Trinajstić information content (AvgIpc) is 3.12. The molecule has 0 N–H and O–H groups in total. The van der Waals surface area contributed by atoms with Gasteiger partial charge in [-0.1, -0.05) is 12.1 Å². The minimum absolute atomic E-state index is 0.118. The van der Waals surface area contributed by atoms with Gasteiger partial charge in [-0.2, -0.15) is 5.01 Å². The summed E-state index contributed by atoms with van der Waals surface area (Å²) < 4.78 is 16.4. The Hall–Kier alpha value is -3.62. The molecule has 0 unspecified atom stereocenters. The van der Waals surface area contributed by atoms with E-state index in [0.717, 1.165) is 5.01 Å². The van der Waals surface area contributed by atoms with Crippen LogP contribution in [0.4, 0.5) is 5.69 Å². The maximum atomic E-state index is 12.1. The molecule has 0 aliphatic carbocycles. The minimum Gasteiger partial charge on any atom is -0.497 e. The number of amides is 1. The van der Waals surface area contributed by atoms with E-state index in [-0.39, 0.29) is 17.1 Å². The molecule has 1 heterocycles. The van der Waals surface area contributed by atoms with E-state index in [1.54, 1.807) is 30.3 Å². The van der Waals surface area contributed by atoms with Gasteiger partial charge in [-0.15, -0.1) is 5.10 Å². The number of para-hydroxylation sites is 1. The van der Waals surface area contributed by atoms with E-state index in [0.29, 0.717) is 17.1 Å². The van der Waals surface area contributed by atoms with Crippen molar-refractivity contribution in [3.05, 3.63) is 63.7 Å². The lowest BCUT2D eigenvalue weighted by molar-refractivity contribution is -0.386. The number of nitro groups is 1. The van der Waals surface area contributed by atoms with Crippen LogP contribution in [0.3, 0.4) is 0 Å². The van der Waals surface area contributed by atoms with Crippen LogP contribution < -0.4 is 9.47 Å². The number of ether oxygens (including phenoxy) is 3. The largest absolute Gasteiger partial charge is 0.497 e. The zero-order valence-electron chi connectivity index (χ0n) is 14.9. The summed E-state index contributed by atoms with van der Waals surface area (Å²) in [6.07, 6.45) is -1.05. The number of carbonyl (C=O) groups excluding carboxylic acids is 1. The first-order chi connectivity index (χ1) is 13.0. The van der Waals surface area contributed by atoms with Gasteiger partial charge in [0, 0.05) is 19.1 Å². The third-order valence-corrected chi connectivity index (χ3v) is 4.01. The van der Waals surface area contributed by atoms with Crippen molar-refractivity contribution in [1.29, 1.82) is 0 Å². The summed E-state index contributed by atoms with van der Waals surface area (Å²) in [6, 6.07) is 11.1. The van der Waals surface area contributed by atoms with Crippen LogP contribution >= 0.6 is 0 Å². The zero-order chi connectivity index (χ0) is 19.6. The van der Waals surface area contributed by atoms with Gasteiger partial charge in [0.1, 0.15) is 11.5 Å². The average molecular weight is 371 g/mol. The Labute approximate surface area is 154 Å². The number of hydrazone groups is 1. The van der Waals surface area contributed by atoms with Gasteiger partial charge in [0.2, 0.25) is 18.0 Å². The molecule has 9 heteroatoms. The molecular formula is C18H17N3O6. The van der Waals surface area contributed by atoms with Crippen LogP contribution in [0.5, 0.6) is 11.5 Å². The van der Waals surface area contributed by atoms with Crippen molar-refractivity contribution in [2.75, 3.05) is 14.2 Å². The Morgan fingerprint density at radius 3 is 2.59 bits per heavy atom. The quantitative estimate of drug-likeness (QED) is 0.591. The van der Waals surface area contributed by atoms with E-state index in [1.807, 2.05) is 0 Å². The van der Waals surface area contributed by atoms with Crippen molar-refractivity contribution in [3.8, 4) is 11.5 Å². The molecule has 0 spiro atoms. The highest BCUT2D eigenvalue weighted by molar-refractivity contribution is 5.99. The Morgan fingerprint density at radius 2 is 1.96 bits per heavy atom. The molecule has 0 radical (unpaired) electrons. The number of methoxy groups -OCH3 is 2. The van der Waals surface area contributed by atoms with Gasteiger partial charge in [0.15, 0.2) is 0 Å². The molecule has 2 aromatic carbocycles. The molecule has 3 rings (SSSR count). The highest BCUT2D eigenvalue weighted by Gasteiger charge is 2.37. The molecule has 140 valence electrons. The first kappa shape index (κ1) is 18.2. The molecule has 1 aliphatic heterocycles. The van der Waals surface area contributed by atoms with Crippen molar-refractivity contribution in [2.45, 2.75) is 13.2 Å². The Balaban J connectivity index is 2.04. The van der Waals surface area contributed by atoms with Crippen molar-refractivity contribution in [3.63, 3.8) is 0 Å². The molecule has 0 fully saturated rings. The van der Waals surface area contributed by atoms with E-state index in [4.69, 9.17) is 14.2 Å². The number of carbonyl (C=O) groups is 1. The van der Waals surface area contributed by atoms with E-state index >= 15 is 0 Å². The maximum Gasteiger partial charge on any atom is 0.278 e. The fraction of sp³-hybridized carbons (Fsp3) is 0.222. The second-order valence-corrected chi connectivity index (χ2v) is 5.62. The number of nitro benzene ring substituents is 1. The number of rotatable bonds is 5. The van der Waals surface area contributed by atoms with Crippen LogP contribution in [-0.4, -0.2) is 36.0 Å². The van der Waals surface area contributed by atoms with Gasteiger partial charge in [-0.3, -0.25) is 14.9 Å². The van der Waals surface area contributed by atoms with E-state index in [1.165, 1.54) is 33.3 Å². The minimum atomic E-state index is -1.05. The molecule has 0 bridgehead atoms. The molecule has 0 saturated carbocycles. The van der Waals surface area contributed by atoms with Crippen LogP contribution in [0.15, 0.2) is 47.6 Å². The number of benzene rings is 2. The lowest BCUT2D eigenvalue weighted by atomic mass is 10.1. The second kappa shape index (κ2) is 7.32. The van der Waals surface area contributed by atoms with Crippen molar-refractivity contribution in [1.82, 2.24) is 5.01 Å². The van der Waals surface area contributed by atoms with Crippen molar-refractivity contribution >= 4 is 17.5 Å². The molecule has 2 aromatic rings. The fourth-order valence-electron chi connectivity index (χ4n) is 2.72. The van der Waals surface area contributed by atoms with Crippen LogP contribution in [0.1, 0.15) is 24.3 Å². The van der Waals surface area contributed by atoms with E-state index < -0.39 is 17.1 Å². The molecule has 1 atom stereocenters. The van der Waals surface area contributed by atoms with Gasteiger partial charge in [0.25, 0.3) is 5.69 Å². The lowest BCUT2D eigenvalue weighted by Crippen LogP contribution is -2.25. The predicted octanol–water partition coefficient (Wildman–Crippen LogP) is 2.85. The molecule has 1 amide bonds. The molecule has 27 heavy (non-hydrogen) atoms. The topological polar surface area (TPSA) is 104 Å². The summed E-state index contributed by atoms with van der Waals surface area (Å²) in [7, 11) is 3.01. The van der Waals surface area contributed by atoms with Crippen LogP contribution in [-0.2, 0) is 9.53 Å². The molecular weight excluding hydrogens is 354 g/mol.